The van der Waals surface area contributed by atoms with Crippen molar-refractivity contribution in [1.82, 2.24) is 5.43 Å². The van der Waals surface area contributed by atoms with E-state index < -0.39 is 6.10 Å². The van der Waals surface area contributed by atoms with Gasteiger partial charge in [-0.15, -0.1) is 0 Å². The van der Waals surface area contributed by atoms with Gasteiger partial charge in [-0.1, -0.05) is 76.1 Å². The van der Waals surface area contributed by atoms with Gasteiger partial charge in [0.15, 0.2) is 6.10 Å². The van der Waals surface area contributed by atoms with E-state index in [4.69, 9.17) is 21.1 Å². The van der Waals surface area contributed by atoms with E-state index in [0.29, 0.717) is 23.1 Å². The predicted octanol–water partition coefficient (Wildman–Crippen LogP) is 6.75. The third-order valence-corrected chi connectivity index (χ3v) is 5.79. The van der Waals surface area contributed by atoms with Crippen LogP contribution in [0.25, 0.3) is 10.8 Å². The molecule has 5 nitrogen and oxygen atoms in total. The van der Waals surface area contributed by atoms with Crippen molar-refractivity contribution in [2.75, 3.05) is 0 Å². The number of hydrogen-bond acceptors (Lipinski definition) is 4. The molecule has 0 fully saturated rings. The number of halogens is 2. The molecule has 0 bridgehead atoms. The second-order valence-electron chi connectivity index (χ2n) is 7.57. The summed E-state index contributed by atoms with van der Waals surface area (Å²) in [5.74, 6) is 0.796. The van der Waals surface area contributed by atoms with Crippen LogP contribution in [0.5, 0.6) is 11.5 Å². The van der Waals surface area contributed by atoms with Crippen LogP contribution in [0.3, 0.4) is 0 Å². The molecule has 0 unspecified atom stereocenters. The summed E-state index contributed by atoms with van der Waals surface area (Å²) in [7, 11) is 0. The van der Waals surface area contributed by atoms with E-state index in [0.717, 1.165) is 26.4 Å². The van der Waals surface area contributed by atoms with Crippen molar-refractivity contribution < 1.29 is 14.3 Å². The van der Waals surface area contributed by atoms with Crippen LogP contribution in [-0.2, 0) is 11.4 Å². The Kier molecular flexibility index (Phi) is 7.83. The summed E-state index contributed by atoms with van der Waals surface area (Å²) >= 11 is 9.46. The summed E-state index contributed by atoms with van der Waals surface area (Å²) in [5.41, 5.74) is 4.36. The first-order chi connectivity index (χ1) is 16.5. The minimum Gasteiger partial charge on any atom is -0.488 e. The molecule has 0 spiro atoms. The lowest BCUT2D eigenvalue weighted by molar-refractivity contribution is -0.127. The molecule has 4 rings (SSSR count). The number of rotatable bonds is 8. The topological polar surface area (TPSA) is 59.9 Å². The molecule has 4 aromatic rings. The normalized spacial score (nSPS) is 12.0. The Morgan fingerprint density at radius 1 is 1.06 bits per heavy atom. The Labute approximate surface area is 211 Å². The minimum absolute atomic E-state index is 0.381. The first-order valence-corrected chi connectivity index (χ1v) is 11.8. The molecule has 0 aliphatic rings. The van der Waals surface area contributed by atoms with E-state index >= 15 is 0 Å². The lowest BCUT2D eigenvalue weighted by Crippen LogP contribution is -2.33. The van der Waals surface area contributed by atoms with Crippen molar-refractivity contribution in [1.29, 1.82) is 0 Å². The van der Waals surface area contributed by atoms with Gasteiger partial charge < -0.3 is 9.47 Å². The van der Waals surface area contributed by atoms with Crippen LogP contribution < -0.4 is 14.9 Å². The summed E-state index contributed by atoms with van der Waals surface area (Å²) in [6.45, 7) is 2.05. The first-order valence-electron chi connectivity index (χ1n) is 10.6. The summed E-state index contributed by atoms with van der Waals surface area (Å²) in [6.07, 6.45) is 0.846. The number of nitrogens with zero attached hydrogens (tertiary/aromatic N) is 1. The van der Waals surface area contributed by atoms with E-state index in [9.17, 15) is 4.79 Å². The Morgan fingerprint density at radius 3 is 2.71 bits per heavy atom. The number of ether oxygens (including phenoxy) is 2. The van der Waals surface area contributed by atoms with Crippen LogP contribution in [0.1, 0.15) is 18.1 Å². The standard InChI is InChI=1S/C27H22BrClN2O3/c1-18(34-23-10-5-9-22(29)15-23)27(32)31-30-16-25-24-11-3-2-7-20(24)12-13-26(25)33-17-19-6-4-8-21(28)14-19/h2-16,18H,17H2,1H3,(H,31,32)/b30-16-/t18-/m0/s1. The average molecular weight is 538 g/mol. The molecule has 1 N–H and O–H groups in total. The van der Waals surface area contributed by atoms with Gasteiger partial charge in [0.05, 0.1) is 6.21 Å². The SMILES string of the molecule is C[C@H](Oc1cccc(Cl)c1)C(=O)N/N=C\c1c(OCc2cccc(Br)c2)ccc2ccccc12. The van der Waals surface area contributed by atoms with Crippen LogP contribution in [0, 0.1) is 0 Å². The third kappa shape index (κ3) is 6.16. The van der Waals surface area contributed by atoms with Crippen molar-refractivity contribution in [3.63, 3.8) is 0 Å². The molecule has 4 aromatic carbocycles. The Balaban J connectivity index is 1.50. The van der Waals surface area contributed by atoms with Crippen molar-refractivity contribution >= 4 is 50.4 Å². The molecule has 0 heterocycles. The van der Waals surface area contributed by atoms with Gasteiger partial charge in [0.1, 0.15) is 18.1 Å². The Hall–Kier alpha value is -3.35. The molecule has 172 valence electrons. The highest BCUT2D eigenvalue weighted by Crippen LogP contribution is 2.28. The first kappa shape index (κ1) is 23.8. The highest BCUT2D eigenvalue weighted by atomic mass is 79.9. The van der Waals surface area contributed by atoms with E-state index in [2.05, 4.69) is 26.5 Å². The number of amides is 1. The molecular weight excluding hydrogens is 516 g/mol. The number of carbonyl (C=O) groups is 1. The average Bonchev–Trinajstić information content (AvgIpc) is 2.83. The molecule has 1 amide bonds. The van der Waals surface area contributed by atoms with E-state index in [1.54, 1.807) is 37.4 Å². The number of carbonyl (C=O) groups excluding carboxylic acids is 1. The molecule has 0 saturated carbocycles. The smallest absolute Gasteiger partial charge is 0.280 e. The zero-order chi connectivity index (χ0) is 23.9. The minimum atomic E-state index is -0.754. The van der Waals surface area contributed by atoms with Crippen molar-refractivity contribution in [2.45, 2.75) is 19.6 Å². The van der Waals surface area contributed by atoms with Gasteiger partial charge in [0.25, 0.3) is 5.91 Å². The molecule has 0 radical (unpaired) electrons. The fraction of sp³-hybridized carbons (Fsp3) is 0.111. The van der Waals surface area contributed by atoms with Gasteiger partial charge in [0, 0.05) is 15.1 Å². The molecule has 7 heteroatoms. The van der Waals surface area contributed by atoms with E-state index in [-0.39, 0.29) is 5.91 Å². The highest BCUT2D eigenvalue weighted by molar-refractivity contribution is 9.10. The summed E-state index contributed by atoms with van der Waals surface area (Å²) in [6, 6.07) is 26.7. The molecule has 1 atom stereocenters. The van der Waals surface area contributed by atoms with Gasteiger partial charge in [-0.25, -0.2) is 5.43 Å². The molecule has 0 aliphatic carbocycles. The quantitative estimate of drug-likeness (QED) is 0.200. The van der Waals surface area contributed by atoms with Gasteiger partial charge >= 0.3 is 0 Å². The van der Waals surface area contributed by atoms with E-state index in [1.165, 1.54) is 0 Å². The maximum absolute atomic E-state index is 12.5. The second-order valence-corrected chi connectivity index (χ2v) is 8.92. The maximum atomic E-state index is 12.5. The van der Waals surface area contributed by atoms with Crippen LogP contribution in [0.4, 0.5) is 0 Å². The van der Waals surface area contributed by atoms with Crippen LogP contribution >= 0.6 is 27.5 Å². The summed E-state index contributed by atoms with van der Waals surface area (Å²) < 4.78 is 12.8. The van der Waals surface area contributed by atoms with Crippen LogP contribution in [0.2, 0.25) is 5.02 Å². The zero-order valence-electron chi connectivity index (χ0n) is 18.4. The number of benzene rings is 4. The molecule has 0 aliphatic heterocycles. The molecule has 0 aromatic heterocycles. The number of nitrogens with one attached hydrogen (secondary N) is 1. The van der Waals surface area contributed by atoms with Crippen LogP contribution in [0.15, 0.2) is 94.5 Å². The monoisotopic (exact) mass is 536 g/mol. The largest absolute Gasteiger partial charge is 0.488 e. The number of fused-ring (bicyclic) bond motifs is 1. The van der Waals surface area contributed by atoms with Gasteiger partial charge in [0.2, 0.25) is 0 Å². The Bertz CT molecular complexity index is 1340. The molecule has 34 heavy (non-hydrogen) atoms. The van der Waals surface area contributed by atoms with Crippen LogP contribution in [-0.4, -0.2) is 18.2 Å². The second kappa shape index (κ2) is 11.2. The maximum Gasteiger partial charge on any atom is 0.280 e. The third-order valence-electron chi connectivity index (χ3n) is 5.06. The predicted molar refractivity (Wildman–Crippen MR) is 140 cm³/mol. The van der Waals surface area contributed by atoms with Crippen molar-refractivity contribution in [3.8, 4) is 11.5 Å². The van der Waals surface area contributed by atoms with Crippen molar-refractivity contribution in [3.05, 3.63) is 106 Å². The molecular formula is C27H22BrClN2O3. The summed E-state index contributed by atoms with van der Waals surface area (Å²) in [5, 5.41) is 6.73. The fourth-order valence-electron chi connectivity index (χ4n) is 3.37. The summed E-state index contributed by atoms with van der Waals surface area (Å²) in [4.78, 5) is 12.5. The lowest BCUT2D eigenvalue weighted by atomic mass is 10.0. The fourth-order valence-corrected chi connectivity index (χ4v) is 4.00. The lowest BCUT2D eigenvalue weighted by Gasteiger charge is -2.14. The highest BCUT2D eigenvalue weighted by Gasteiger charge is 2.14. The van der Waals surface area contributed by atoms with Gasteiger partial charge in [-0.2, -0.15) is 5.10 Å². The van der Waals surface area contributed by atoms with Gasteiger partial charge in [-0.05, 0) is 59.7 Å². The number of hydrogen-bond donors (Lipinski definition) is 1. The van der Waals surface area contributed by atoms with Crippen molar-refractivity contribution in [2.24, 2.45) is 5.10 Å². The Morgan fingerprint density at radius 2 is 1.88 bits per heavy atom. The zero-order valence-corrected chi connectivity index (χ0v) is 20.7. The number of hydrazone groups is 1. The van der Waals surface area contributed by atoms with Gasteiger partial charge in [-0.3, -0.25) is 4.79 Å². The van der Waals surface area contributed by atoms with E-state index in [1.807, 2.05) is 60.7 Å². The molecule has 0 saturated heterocycles.